The second-order valence-corrected chi connectivity index (χ2v) is 8.60. The zero-order valence-electron chi connectivity index (χ0n) is 16.1. The Kier molecular flexibility index (Phi) is 5.34. The van der Waals surface area contributed by atoms with Crippen molar-refractivity contribution in [1.29, 1.82) is 0 Å². The van der Waals surface area contributed by atoms with E-state index in [9.17, 15) is 13.2 Å². The molecule has 9 nitrogen and oxygen atoms in total. The molecule has 0 bridgehead atoms. The number of fused-ring (bicyclic) bond motifs is 1. The summed E-state index contributed by atoms with van der Waals surface area (Å²) in [7, 11) is -3.29. The molecule has 2 aromatic heterocycles. The number of H-pyrrole nitrogens is 2. The minimum Gasteiger partial charge on any atom is -0.351 e. The highest BCUT2D eigenvalue weighted by atomic mass is 32.2. The van der Waals surface area contributed by atoms with Crippen molar-refractivity contribution >= 4 is 26.8 Å². The molecule has 30 heavy (non-hydrogen) atoms. The lowest BCUT2D eigenvalue weighted by molar-refractivity contribution is 0.0954. The average molecular weight is 424 g/mol. The summed E-state index contributed by atoms with van der Waals surface area (Å²) in [6.45, 7) is 0.305. The lowest BCUT2D eigenvalue weighted by Crippen LogP contribution is -2.34. The van der Waals surface area contributed by atoms with E-state index in [1.165, 1.54) is 0 Å². The molecule has 0 radical (unpaired) electrons. The highest BCUT2D eigenvalue weighted by Gasteiger charge is 2.15. The van der Waals surface area contributed by atoms with Crippen LogP contribution in [0.5, 0.6) is 0 Å². The summed E-state index contributed by atoms with van der Waals surface area (Å²) in [4.78, 5) is 20.1. The zero-order chi connectivity index (χ0) is 21.1. The van der Waals surface area contributed by atoms with Gasteiger partial charge in [0, 0.05) is 24.0 Å². The lowest BCUT2D eigenvalue weighted by Gasteiger charge is -2.06. The lowest BCUT2D eigenvalue weighted by atomic mass is 10.1. The number of aromatic nitrogens is 4. The summed E-state index contributed by atoms with van der Waals surface area (Å²) in [6.07, 6.45) is 2.82. The first-order chi connectivity index (χ1) is 14.4. The SMILES string of the molecule is CS(=O)(=O)NCCNC(=O)c1ccc2[nH]nc(-c3ncc(-c4ccccc4)[nH]3)c2c1. The fraction of sp³-hybridized carbons (Fsp3) is 0.150. The van der Waals surface area contributed by atoms with Gasteiger partial charge in [0.2, 0.25) is 10.0 Å². The predicted octanol–water partition coefficient (Wildman–Crippen LogP) is 1.90. The molecule has 0 aliphatic heterocycles. The van der Waals surface area contributed by atoms with Crippen molar-refractivity contribution in [1.82, 2.24) is 30.2 Å². The number of nitrogens with one attached hydrogen (secondary N) is 4. The molecule has 4 aromatic rings. The van der Waals surface area contributed by atoms with Crippen LogP contribution in [-0.2, 0) is 10.0 Å². The molecule has 10 heteroatoms. The number of hydrogen-bond donors (Lipinski definition) is 4. The summed E-state index contributed by atoms with van der Waals surface area (Å²) >= 11 is 0. The first-order valence-electron chi connectivity index (χ1n) is 9.22. The van der Waals surface area contributed by atoms with Crippen molar-refractivity contribution < 1.29 is 13.2 Å². The number of benzene rings is 2. The molecule has 4 rings (SSSR count). The van der Waals surface area contributed by atoms with E-state index < -0.39 is 10.0 Å². The molecule has 4 N–H and O–H groups in total. The molecular weight excluding hydrogens is 404 g/mol. The maximum atomic E-state index is 12.4. The van der Waals surface area contributed by atoms with Crippen LogP contribution in [0.1, 0.15) is 10.4 Å². The Balaban J connectivity index is 1.55. The van der Waals surface area contributed by atoms with Gasteiger partial charge in [-0.2, -0.15) is 5.10 Å². The zero-order valence-corrected chi connectivity index (χ0v) is 17.0. The Morgan fingerprint density at radius 3 is 2.67 bits per heavy atom. The summed E-state index contributed by atoms with van der Waals surface area (Å²) in [5, 5.41) is 10.7. The Hall–Kier alpha value is -3.50. The summed E-state index contributed by atoms with van der Waals surface area (Å²) in [6, 6.07) is 15.0. The second-order valence-electron chi connectivity index (χ2n) is 6.77. The molecule has 154 valence electrons. The van der Waals surface area contributed by atoms with Gasteiger partial charge in [-0.15, -0.1) is 0 Å². The molecule has 0 saturated heterocycles. The van der Waals surface area contributed by atoms with Gasteiger partial charge in [0.05, 0.1) is 23.7 Å². The molecule has 0 aliphatic rings. The number of nitrogens with zero attached hydrogens (tertiary/aromatic N) is 2. The molecule has 0 fully saturated rings. The standard InChI is InChI=1S/C20H20N6O3S/c1-30(28,29)23-10-9-21-20(27)14-7-8-16-15(11-14)18(26-25-16)19-22-12-17(24-19)13-5-3-2-4-6-13/h2-8,11-12,23H,9-10H2,1H3,(H,21,27)(H,22,24)(H,25,26). The molecule has 0 unspecified atom stereocenters. The first-order valence-corrected chi connectivity index (χ1v) is 11.1. The van der Waals surface area contributed by atoms with Crippen LogP contribution >= 0.6 is 0 Å². The fourth-order valence-electron chi connectivity index (χ4n) is 3.06. The highest BCUT2D eigenvalue weighted by molar-refractivity contribution is 7.88. The topological polar surface area (TPSA) is 133 Å². The minimum absolute atomic E-state index is 0.123. The largest absolute Gasteiger partial charge is 0.351 e. The fourth-order valence-corrected chi connectivity index (χ4v) is 3.53. The van der Waals surface area contributed by atoms with E-state index in [0.717, 1.165) is 28.4 Å². The summed E-state index contributed by atoms with van der Waals surface area (Å²) in [5.41, 5.74) is 3.71. The van der Waals surface area contributed by atoms with Gasteiger partial charge in [-0.3, -0.25) is 9.89 Å². The van der Waals surface area contributed by atoms with Crippen LogP contribution in [0.25, 0.3) is 33.7 Å². The maximum absolute atomic E-state index is 12.4. The van der Waals surface area contributed by atoms with Gasteiger partial charge in [0.15, 0.2) is 5.82 Å². The van der Waals surface area contributed by atoms with Gasteiger partial charge in [0.1, 0.15) is 5.69 Å². The third kappa shape index (κ3) is 4.39. The van der Waals surface area contributed by atoms with Crippen molar-refractivity contribution in [3.63, 3.8) is 0 Å². The Morgan fingerprint density at radius 1 is 1.10 bits per heavy atom. The number of carbonyl (C=O) groups is 1. The molecular formula is C20H20N6O3S. The number of carbonyl (C=O) groups excluding carboxylic acids is 1. The Labute approximate surface area is 173 Å². The molecule has 0 aliphatic carbocycles. The minimum atomic E-state index is -3.29. The number of rotatable bonds is 7. The first kappa shape index (κ1) is 19.8. The Morgan fingerprint density at radius 2 is 1.90 bits per heavy atom. The number of imidazole rings is 1. The van der Waals surface area contributed by atoms with E-state index in [0.29, 0.717) is 17.1 Å². The van der Waals surface area contributed by atoms with Crippen LogP contribution in [0.4, 0.5) is 0 Å². The summed E-state index contributed by atoms with van der Waals surface area (Å²) < 4.78 is 24.5. The quantitative estimate of drug-likeness (QED) is 0.336. The van der Waals surface area contributed by atoms with Crippen LogP contribution in [0.15, 0.2) is 54.7 Å². The van der Waals surface area contributed by atoms with Crippen molar-refractivity contribution in [2.75, 3.05) is 19.3 Å². The van der Waals surface area contributed by atoms with Crippen LogP contribution in [0.3, 0.4) is 0 Å². The van der Waals surface area contributed by atoms with E-state index in [1.54, 1.807) is 24.4 Å². The second kappa shape index (κ2) is 8.09. The Bertz CT molecular complexity index is 1290. The van der Waals surface area contributed by atoms with E-state index >= 15 is 0 Å². The van der Waals surface area contributed by atoms with Gasteiger partial charge >= 0.3 is 0 Å². The van der Waals surface area contributed by atoms with Gasteiger partial charge in [-0.05, 0) is 23.8 Å². The van der Waals surface area contributed by atoms with Crippen LogP contribution < -0.4 is 10.0 Å². The van der Waals surface area contributed by atoms with E-state index in [-0.39, 0.29) is 19.0 Å². The number of hydrogen-bond acceptors (Lipinski definition) is 5. The van der Waals surface area contributed by atoms with Crippen molar-refractivity contribution in [3.05, 3.63) is 60.3 Å². The predicted molar refractivity (Wildman–Crippen MR) is 114 cm³/mol. The number of aromatic amines is 2. The van der Waals surface area contributed by atoms with Crippen LogP contribution in [-0.4, -0.2) is 53.8 Å². The van der Waals surface area contributed by atoms with Crippen molar-refractivity contribution in [2.24, 2.45) is 0 Å². The van der Waals surface area contributed by atoms with Crippen LogP contribution in [0.2, 0.25) is 0 Å². The van der Waals surface area contributed by atoms with Gasteiger partial charge < -0.3 is 10.3 Å². The molecule has 2 heterocycles. The monoisotopic (exact) mass is 424 g/mol. The maximum Gasteiger partial charge on any atom is 0.251 e. The normalized spacial score (nSPS) is 11.6. The van der Waals surface area contributed by atoms with Gasteiger partial charge in [0.25, 0.3) is 5.91 Å². The highest BCUT2D eigenvalue weighted by Crippen LogP contribution is 2.27. The molecule has 0 spiro atoms. The van der Waals surface area contributed by atoms with E-state index in [2.05, 4.69) is 30.2 Å². The average Bonchev–Trinajstić information content (AvgIpc) is 3.37. The van der Waals surface area contributed by atoms with Crippen molar-refractivity contribution in [2.45, 2.75) is 0 Å². The third-order valence-electron chi connectivity index (χ3n) is 4.48. The van der Waals surface area contributed by atoms with Gasteiger partial charge in [-0.25, -0.2) is 18.1 Å². The molecule has 0 atom stereocenters. The smallest absolute Gasteiger partial charge is 0.251 e. The number of sulfonamides is 1. The van der Waals surface area contributed by atoms with Gasteiger partial charge in [-0.1, -0.05) is 30.3 Å². The van der Waals surface area contributed by atoms with E-state index in [1.807, 2.05) is 30.3 Å². The van der Waals surface area contributed by atoms with Crippen LogP contribution in [0, 0.1) is 0 Å². The molecule has 0 saturated carbocycles. The van der Waals surface area contributed by atoms with Crippen molar-refractivity contribution in [3.8, 4) is 22.8 Å². The van der Waals surface area contributed by atoms with E-state index in [4.69, 9.17) is 0 Å². The molecule has 1 amide bonds. The summed E-state index contributed by atoms with van der Waals surface area (Å²) in [5.74, 6) is 0.291. The number of amides is 1. The third-order valence-corrected chi connectivity index (χ3v) is 5.21. The molecule has 2 aromatic carbocycles.